The lowest BCUT2D eigenvalue weighted by Gasteiger charge is -2.30. The lowest BCUT2D eigenvalue weighted by atomic mass is 10.1. The predicted molar refractivity (Wildman–Crippen MR) is 134 cm³/mol. The van der Waals surface area contributed by atoms with Gasteiger partial charge in [0.05, 0.1) is 21.6 Å². The maximum absolute atomic E-state index is 5.04. The van der Waals surface area contributed by atoms with Gasteiger partial charge in [-0.15, -0.1) is 11.3 Å². The van der Waals surface area contributed by atoms with E-state index in [1.807, 2.05) is 28.9 Å². The molecule has 7 rings (SSSR count). The van der Waals surface area contributed by atoms with Crippen LogP contribution in [0, 0.1) is 0 Å². The average molecular weight is 446 g/mol. The Bertz CT molecular complexity index is 1590. The Hall–Kier alpha value is -4.16. The predicted octanol–water partition coefficient (Wildman–Crippen LogP) is 6.59. The number of hydrogen-bond donors (Lipinski definition) is 1. The smallest absolute Gasteiger partial charge is 0.145 e. The molecule has 5 nitrogen and oxygen atoms in total. The first-order valence-corrected chi connectivity index (χ1v) is 11.8. The number of anilines is 1. The highest BCUT2D eigenvalue weighted by Gasteiger charge is 2.31. The van der Waals surface area contributed by atoms with E-state index in [0.717, 1.165) is 49.9 Å². The Kier molecular flexibility index (Phi) is 4.01. The molecule has 1 aliphatic heterocycles. The van der Waals surface area contributed by atoms with Gasteiger partial charge >= 0.3 is 0 Å². The number of rotatable bonds is 3. The Morgan fingerprint density at radius 1 is 0.818 bits per heavy atom. The fourth-order valence-corrected chi connectivity index (χ4v) is 5.36. The van der Waals surface area contributed by atoms with Gasteiger partial charge in [-0.2, -0.15) is 5.10 Å². The van der Waals surface area contributed by atoms with E-state index in [9.17, 15) is 0 Å². The summed E-state index contributed by atoms with van der Waals surface area (Å²) in [4.78, 5) is 6.17. The Labute approximate surface area is 194 Å². The van der Waals surface area contributed by atoms with Crippen molar-refractivity contribution in [2.24, 2.45) is 0 Å². The van der Waals surface area contributed by atoms with Crippen LogP contribution in [0.3, 0.4) is 0 Å². The molecule has 6 aromatic rings. The second kappa shape index (κ2) is 7.18. The van der Waals surface area contributed by atoms with E-state index < -0.39 is 0 Å². The van der Waals surface area contributed by atoms with Crippen molar-refractivity contribution in [3.8, 4) is 27.6 Å². The molecule has 0 spiro atoms. The summed E-state index contributed by atoms with van der Waals surface area (Å²) >= 11 is 1.71. The van der Waals surface area contributed by atoms with Crippen molar-refractivity contribution in [2.75, 3.05) is 5.32 Å². The van der Waals surface area contributed by atoms with E-state index in [1.54, 1.807) is 11.3 Å². The standard InChI is InChI=1S/C27H19N5S/c1-2-9-18(10-3-1)31-17-20(25(30-31)24-15-8-16-33-24)27-28-21-12-5-4-11-19(21)26-29-22-13-6-7-14-23(22)32(26)27/h1-17,27-28H/t27-/m0/s1. The first-order chi connectivity index (χ1) is 16.4. The number of nitrogens with zero attached hydrogens (tertiary/aromatic N) is 4. The maximum Gasteiger partial charge on any atom is 0.145 e. The quantitative estimate of drug-likeness (QED) is 0.334. The number of para-hydroxylation sites is 4. The lowest BCUT2D eigenvalue weighted by molar-refractivity contribution is 0.670. The SMILES string of the molecule is c1ccc(-n2cc([C@H]3Nc4ccccc4-c4nc5ccccc5n43)c(-c3cccs3)n2)cc1. The van der Waals surface area contributed by atoms with Gasteiger partial charge in [-0.05, 0) is 47.8 Å². The van der Waals surface area contributed by atoms with Crippen molar-refractivity contribution in [3.63, 3.8) is 0 Å². The number of thiophene rings is 1. The third-order valence-electron chi connectivity index (χ3n) is 6.13. The summed E-state index contributed by atoms with van der Waals surface area (Å²) in [5.74, 6) is 0.972. The van der Waals surface area contributed by atoms with Gasteiger partial charge in [-0.1, -0.05) is 48.5 Å². The van der Waals surface area contributed by atoms with Crippen LogP contribution in [0.2, 0.25) is 0 Å². The van der Waals surface area contributed by atoms with Crippen molar-refractivity contribution in [1.82, 2.24) is 19.3 Å². The molecule has 1 aliphatic rings. The van der Waals surface area contributed by atoms with Crippen LogP contribution in [0.1, 0.15) is 11.7 Å². The van der Waals surface area contributed by atoms with E-state index in [4.69, 9.17) is 10.1 Å². The highest BCUT2D eigenvalue weighted by Crippen LogP contribution is 2.43. The molecule has 3 aromatic heterocycles. The maximum atomic E-state index is 5.04. The van der Waals surface area contributed by atoms with E-state index in [0.29, 0.717) is 0 Å². The van der Waals surface area contributed by atoms with Crippen molar-refractivity contribution in [1.29, 1.82) is 0 Å². The molecule has 6 heteroatoms. The van der Waals surface area contributed by atoms with Crippen LogP contribution in [0.4, 0.5) is 5.69 Å². The minimum atomic E-state index is -0.142. The molecule has 0 amide bonds. The summed E-state index contributed by atoms with van der Waals surface area (Å²) in [6.07, 6.45) is 2.01. The summed E-state index contributed by atoms with van der Waals surface area (Å²) in [5.41, 5.74) is 7.41. The van der Waals surface area contributed by atoms with Crippen LogP contribution in [-0.2, 0) is 0 Å². The molecule has 1 atom stereocenters. The van der Waals surface area contributed by atoms with E-state index in [1.165, 1.54) is 0 Å². The normalized spacial score (nSPS) is 14.6. The molecular formula is C27H19N5S. The topological polar surface area (TPSA) is 47.7 Å². The van der Waals surface area contributed by atoms with Crippen molar-refractivity contribution in [2.45, 2.75) is 6.17 Å². The van der Waals surface area contributed by atoms with Crippen molar-refractivity contribution < 1.29 is 0 Å². The van der Waals surface area contributed by atoms with Crippen LogP contribution in [-0.4, -0.2) is 19.3 Å². The highest BCUT2D eigenvalue weighted by molar-refractivity contribution is 7.13. The second-order valence-corrected chi connectivity index (χ2v) is 9.02. The molecule has 4 heterocycles. The van der Waals surface area contributed by atoms with Gasteiger partial charge in [0.25, 0.3) is 0 Å². The molecule has 33 heavy (non-hydrogen) atoms. The molecule has 0 saturated heterocycles. The molecule has 0 fully saturated rings. The average Bonchev–Trinajstić information content (AvgIpc) is 3.62. The van der Waals surface area contributed by atoms with Gasteiger partial charge in [-0.25, -0.2) is 9.67 Å². The highest BCUT2D eigenvalue weighted by atomic mass is 32.1. The fourth-order valence-electron chi connectivity index (χ4n) is 4.63. The monoisotopic (exact) mass is 445 g/mol. The zero-order valence-electron chi connectivity index (χ0n) is 17.6. The van der Waals surface area contributed by atoms with Gasteiger partial charge in [0.1, 0.15) is 17.7 Å². The van der Waals surface area contributed by atoms with Gasteiger partial charge in [0.15, 0.2) is 0 Å². The van der Waals surface area contributed by atoms with Gasteiger partial charge in [0.2, 0.25) is 0 Å². The van der Waals surface area contributed by atoms with Gasteiger partial charge in [-0.3, -0.25) is 4.57 Å². The molecule has 0 bridgehead atoms. The fraction of sp³-hybridized carbons (Fsp3) is 0.0370. The molecule has 158 valence electrons. The number of nitrogens with one attached hydrogen (secondary N) is 1. The number of imidazole rings is 1. The van der Waals surface area contributed by atoms with E-state index in [-0.39, 0.29) is 6.17 Å². The Balaban J connectivity index is 1.50. The number of fused-ring (bicyclic) bond motifs is 5. The second-order valence-electron chi connectivity index (χ2n) is 8.08. The van der Waals surface area contributed by atoms with Crippen molar-refractivity contribution in [3.05, 3.63) is 108 Å². The summed E-state index contributed by atoms with van der Waals surface area (Å²) in [7, 11) is 0. The molecule has 1 N–H and O–H groups in total. The molecule has 3 aromatic carbocycles. The Morgan fingerprint density at radius 2 is 1.64 bits per heavy atom. The zero-order valence-corrected chi connectivity index (χ0v) is 18.4. The molecular weight excluding hydrogens is 426 g/mol. The largest absolute Gasteiger partial charge is 0.360 e. The van der Waals surface area contributed by atoms with Crippen LogP contribution in [0.25, 0.3) is 38.7 Å². The van der Waals surface area contributed by atoms with E-state index >= 15 is 0 Å². The van der Waals surface area contributed by atoms with Crippen LogP contribution < -0.4 is 5.32 Å². The third-order valence-corrected chi connectivity index (χ3v) is 7.00. The summed E-state index contributed by atoms with van der Waals surface area (Å²) in [5, 5.41) is 10.9. The van der Waals surface area contributed by atoms with Crippen LogP contribution >= 0.6 is 11.3 Å². The molecule has 0 unspecified atom stereocenters. The zero-order chi connectivity index (χ0) is 21.8. The minimum absolute atomic E-state index is 0.142. The molecule has 0 aliphatic carbocycles. The summed E-state index contributed by atoms with van der Waals surface area (Å²) in [6.45, 7) is 0. The summed E-state index contributed by atoms with van der Waals surface area (Å²) in [6, 6.07) is 31.2. The lowest BCUT2D eigenvalue weighted by Crippen LogP contribution is -2.25. The first-order valence-electron chi connectivity index (χ1n) is 10.9. The number of aromatic nitrogens is 4. The van der Waals surface area contributed by atoms with Gasteiger partial charge in [0, 0.05) is 23.0 Å². The van der Waals surface area contributed by atoms with Crippen LogP contribution in [0.5, 0.6) is 0 Å². The van der Waals surface area contributed by atoms with E-state index in [2.05, 4.69) is 88.2 Å². The van der Waals surface area contributed by atoms with Crippen LogP contribution in [0.15, 0.2) is 103 Å². The Morgan fingerprint density at radius 3 is 2.52 bits per heavy atom. The van der Waals surface area contributed by atoms with Gasteiger partial charge < -0.3 is 5.32 Å². The molecule has 0 radical (unpaired) electrons. The summed E-state index contributed by atoms with van der Waals surface area (Å²) < 4.78 is 4.28. The minimum Gasteiger partial charge on any atom is -0.360 e. The number of hydrogen-bond acceptors (Lipinski definition) is 4. The first kappa shape index (κ1) is 18.4. The number of benzene rings is 3. The van der Waals surface area contributed by atoms with Crippen molar-refractivity contribution >= 4 is 28.1 Å². The third kappa shape index (κ3) is 2.84. The molecule has 0 saturated carbocycles.